The van der Waals surface area contributed by atoms with Gasteiger partial charge in [-0.25, -0.2) is 12.1 Å². The molecule has 0 fully saturated rings. The van der Waals surface area contributed by atoms with E-state index in [1.54, 1.807) is 0 Å². The zero-order valence-electron chi connectivity index (χ0n) is 8.50. The summed E-state index contributed by atoms with van der Waals surface area (Å²) < 4.78 is 0. The van der Waals surface area contributed by atoms with Gasteiger partial charge in [0.1, 0.15) is 0 Å². The molecule has 0 amide bonds. The van der Waals surface area contributed by atoms with Gasteiger partial charge in [0.25, 0.3) is 0 Å². The van der Waals surface area contributed by atoms with E-state index in [1.165, 1.54) is 11.1 Å². The van der Waals surface area contributed by atoms with Gasteiger partial charge >= 0.3 is 21.7 Å². The largest absolute Gasteiger partial charge is 2.00 e. The predicted molar refractivity (Wildman–Crippen MR) is 47.8 cm³/mol. The SMILES string of the molecule is CO.CO.Cc1ccc[c-]1C.[Cl-].[Ti+2]. The van der Waals surface area contributed by atoms with Gasteiger partial charge in [-0.3, -0.25) is 0 Å². The molecule has 2 N–H and O–H groups in total. The van der Waals surface area contributed by atoms with Crippen molar-refractivity contribution in [3.05, 3.63) is 29.3 Å². The summed E-state index contributed by atoms with van der Waals surface area (Å²) in [6, 6.07) is 6.31. The second-order valence-electron chi connectivity index (χ2n) is 1.89. The first-order valence-corrected chi connectivity index (χ1v) is 3.39. The van der Waals surface area contributed by atoms with Crippen molar-refractivity contribution >= 4 is 0 Å². The van der Waals surface area contributed by atoms with Crippen LogP contribution in [0, 0.1) is 13.8 Å². The van der Waals surface area contributed by atoms with Crippen molar-refractivity contribution in [2.45, 2.75) is 13.8 Å². The summed E-state index contributed by atoms with van der Waals surface area (Å²) in [6.45, 7) is 4.24. The fourth-order valence-corrected chi connectivity index (χ4v) is 0.600. The minimum atomic E-state index is 0. The number of aliphatic hydroxyl groups excluding tert-OH is 2. The third-order valence-corrected chi connectivity index (χ3v) is 1.31. The summed E-state index contributed by atoms with van der Waals surface area (Å²) in [5, 5.41) is 14.0. The van der Waals surface area contributed by atoms with Crippen LogP contribution in [0.3, 0.4) is 0 Å². The van der Waals surface area contributed by atoms with Gasteiger partial charge in [-0.05, 0) is 0 Å². The predicted octanol–water partition coefficient (Wildman–Crippen LogP) is -1.76. The van der Waals surface area contributed by atoms with E-state index in [4.69, 9.17) is 10.2 Å². The van der Waals surface area contributed by atoms with Crippen molar-refractivity contribution in [2.75, 3.05) is 14.2 Å². The van der Waals surface area contributed by atoms with Crippen LogP contribution in [0.25, 0.3) is 0 Å². The first-order valence-electron chi connectivity index (χ1n) is 3.39. The summed E-state index contributed by atoms with van der Waals surface area (Å²) in [4.78, 5) is 0. The Morgan fingerprint density at radius 2 is 1.54 bits per heavy atom. The van der Waals surface area contributed by atoms with E-state index < -0.39 is 0 Å². The van der Waals surface area contributed by atoms with Gasteiger partial charge in [-0.1, -0.05) is 13.8 Å². The first kappa shape index (κ1) is 23.3. The summed E-state index contributed by atoms with van der Waals surface area (Å²) in [6.07, 6.45) is 0. The molecule has 0 unspecified atom stereocenters. The maximum atomic E-state index is 7.00. The number of hydrogen-bond acceptors (Lipinski definition) is 2. The van der Waals surface area contributed by atoms with Crippen LogP contribution in [0.4, 0.5) is 0 Å². The molecule has 76 valence electrons. The molecule has 0 aliphatic carbocycles. The molecule has 0 bridgehead atoms. The second-order valence-corrected chi connectivity index (χ2v) is 1.89. The van der Waals surface area contributed by atoms with Gasteiger partial charge in [0, 0.05) is 14.2 Å². The maximum absolute atomic E-state index is 7.00. The van der Waals surface area contributed by atoms with Crippen molar-refractivity contribution in [1.82, 2.24) is 0 Å². The van der Waals surface area contributed by atoms with Gasteiger partial charge in [-0.2, -0.15) is 17.2 Å². The van der Waals surface area contributed by atoms with Gasteiger partial charge in [0.2, 0.25) is 0 Å². The zero-order valence-corrected chi connectivity index (χ0v) is 10.8. The Hall–Kier alpha value is 0.274. The summed E-state index contributed by atoms with van der Waals surface area (Å²) >= 11 is 0. The Morgan fingerprint density at radius 3 is 1.62 bits per heavy atom. The molecule has 0 heterocycles. The first-order chi connectivity index (χ1) is 5.30. The monoisotopic (exact) mass is 240 g/mol. The quantitative estimate of drug-likeness (QED) is 0.417. The average Bonchev–Trinajstić information content (AvgIpc) is 2.44. The topological polar surface area (TPSA) is 40.5 Å². The summed E-state index contributed by atoms with van der Waals surface area (Å²) in [5.41, 5.74) is 2.78. The molecular weight excluding hydrogens is 223 g/mol. The maximum Gasteiger partial charge on any atom is 2.00 e. The third kappa shape index (κ3) is 12.3. The van der Waals surface area contributed by atoms with Crippen molar-refractivity contribution in [2.24, 2.45) is 0 Å². The van der Waals surface area contributed by atoms with E-state index in [0.717, 1.165) is 14.2 Å². The Morgan fingerprint density at radius 1 is 1.15 bits per heavy atom. The van der Waals surface area contributed by atoms with Crippen molar-refractivity contribution in [3.8, 4) is 0 Å². The summed E-state index contributed by atoms with van der Waals surface area (Å²) in [5.74, 6) is 0. The number of halogens is 1. The molecule has 0 atom stereocenters. The van der Waals surface area contributed by atoms with Crippen LogP contribution >= 0.6 is 0 Å². The van der Waals surface area contributed by atoms with Crippen molar-refractivity contribution < 1.29 is 44.3 Å². The average molecular weight is 241 g/mol. The van der Waals surface area contributed by atoms with E-state index in [1.807, 2.05) is 0 Å². The molecule has 2 nitrogen and oxygen atoms in total. The van der Waals surface area contributed by atoms with Gasteiger partial charge in [-0.15, -0.1) is 0 Å². The minimum Gasteiger partial charge on any atom is -1.00 e. The zero-order chi connectivity index (χ0) is 9.28. The van der Waals surface area contributed by atoms with Crippen LogP contribution in [-0.4, -0.2) is 24.4 Å². The molecule has 0 aliphatic heterocycles. The Kier molecular flexibility index (Phi) is 32.4. The molecule has 13 heavy (non-hydrogen) atoms. The fraction of sp³-hybridized carbons (Fsp3) is 0.444. The molecule has 0 saturated heterocycles. The molecule has 1 aromatic carbocycles. The Labute approximate surface area is 102 Å². The molecule has 0 aliphatic rings. The van der Waals surface area contributed by atoms with E-state index in [9.17, 15) is 0 Å². The van der Waals surface area contributed by atoms with Crippen LogP contribution < -0.4 is 12.4 Å². The standard InChI is InChI=1S/C7H9.2CH4O.ClH.Ti/c1-6-4-3-5-7(6)2;2*1-2;;/h3-5H,1-2H3;2*2H,1H3;1H;/q-1;;;;+2/p-1. The van der Waals surface area contributed by atoms with E-state index in [-0.39, 0.29) is 34.1 Å². The van der Waals surface area contributed by atoms with Crippen LogP contribution in [0.5, 0.6) is 0 Å². The molecular formula is C9H17ClO2Ti. The van der Waals surface area contributed by atoms with Crippen LogP contribution in [0.2, 0.25) is 0 Å². The normalized spacial score (nSPS) is 6.00. The van der Waals surface area contributed by atoms with E-state index >= 15 is 0 Å². The molecule has 0 radical (unpaired) electrons. The fourth-order valence-electron chi connectivity index (χ4n) is 0.600. The molecule has 0 spiro atoms. The Balaban J connectivity index is -0.0000000607. The van der Waals surface area contributed by atoms with E-state index in [2.05, 4.69) is 32.0 Å². The van der Waals surface area contributed by atoms with Crippen molar-refractivity contribution in [1.29, 1.82) is 0 Å². The van der Waals surface area contributed by atoms with Crippen LogP contribution in [-0.2, 0) is 21.7 Å². The number of rotatable bonds is 0. The van der Waals surface area contributed by atoms with Gasteiger partial charge in [0.05, 0.1) is 0 Å². The van der Waals surface area contributed by atoms with Crippen molar-refractivity contribution in [3.63, 3.8) is 0 Å². The second kappa shape index (κ2) is 18.1. The number of aryl methyl sites for hydroxylation is 2. The molecule has 0 saturated carbocycles. The van der Waals surface area contributed by atoms with Gasteiger partial charge in [0.15, 0.2) is 0 Å². The molecule has 1 aromatic rings. The number of hydrogen-bond donors (Lipinski definition) is 2. The molecule has 4 heteroatoms. The van der Waals surface area contributed by atoms with Crippen LogP contribution in [0.1, 0.15) is 11.1 Å². The van der Waals surface area contributed by atoms with E-state index in [0.29, 0.717) is 0 Å². The minimum absolute atomic E-state index is 0. The molecule has 1 rings (SSSR count). The smallest absolute Gasteiger partial charge is 1.00 e. The summed E-state index contributed by atoms with van der Waals surface area (Å²) in [7, 11) is 2.00. The third-order valence-electron chi connectivity index (χ3n) is 1.31. The number of aliphatic hydroxyl groups is 2. The van der Waals surface area contributed by atoms with Crippen LogP contribution in [0.15, 0.2) is 18.2 Å². The Bertz CT molecular complexity index is 150. The van der Waals surface area contributed by atoms with Gasteiger partial charge < -0.3 is 22.6 Å². The molecule has 0 aromatic heterocycles.